The molecular weight excluding hydrogens is 361 g/mol. The van der Waals surface area contributed by atoms with E-state index in [-0.39, 0.29) is 18.1 Å². The number of H-pyrrole nitrogens is 1. The van der Waals surface area contributed by atoms with Crippen LogP contribution in [-0.4, -0.2) is 22.6 Å². The van der Waals surface area contributed by atoms with Crippen LogP contribution in [-0.2, 0) is 16.0 Å². The molecule has 2 amide bonds. The second-order valence-corrected chi connectivity index (χ2v) is 7.43. The van der Waals surface area contributed by atoms with Crippen molar-refractivity contribution in [2.24, 2.45) is 0 Å². The molecule has 28 heavy (non-hydrogen) atoms. The number of amides is 2. The predicted octanol–water partition coefficient (Wildman–Crippen LogP) is 4.07. The Morgan fingerprint density at radius 2 is 1.71 bits per heavy atom. The number of halogens is 1. The largest absolute Gasteiger partial charge is 0.443 e. The number of carbonyl (C=O) groups excluding carboxylic acids is 2. The fourth-order valence-electron chi connectivity index (χ4n) is 2.79. The van der Waals surface area contributed by atoms with E-state index in [0.29, 0.717) is 0 Å². The molecule has 0 fully saturated rings. The van der Waals surface area contributed by atoms with Crippen LogP contribution in [0.3, 0.4) is 0 Å². The van der Waals surface area contributed by atoms with Crippen LogP contribution in [0.4, 0.5) is 9.18 Å². The summed E-state index contributed by atoms with van der Waals surface area (Å²) in [6.07, 6.45) is 1.10. The summed E-state index contributed by atoms with van der Waals surface area (Å²) in [6, 6.07) is 12.0. The maximum absolute atomic E-state index is 13.1. The summed E-state index contributed by atoms with van der Waals surface area (Å²) in [5.41, 5.74) is 7.39. The Bertz CT molecular complexity index is 1000. The molecule has 1 aromatic heterocycles. The van der Waals surface area contributed by atoms with Crippen molar-refractivity contribution in [3.05, 3.63) is 60.0 Å². The summed E-state index contributed by atoms with van der Waals surface area (Å²) in [6.45, 7) is 5.21. The Hall–Kier alpha value is -3.35. The van der Waals surface area contributed by atoms with Gasteiger partial charge < -0.3 is 9.72 Å². The second kappa shape index (κ2) is 7.72. The van der Waals surface area contributed by atoms with Gasteiger partial charge in [-0.1, -0.05) is 18.2 Å². The first-order valence-electron chi connectivity index (χ1n) is 8.85. The molecule has 146 valence electrons. The minimum atomic E-state index is -0.724. The Kier molecular flexibility index (Phi) is 5.35. The van der Waals surface area contributed by atoms with Gasteiger partial charge in [0.05, 0.1) is 6.42 Å². The first kappa shape index (κ1) is 19.4. The van der Waals surface area contributed by atoms with Gasteiger partial charge in [0.2, 0.25) is 5.91 Å². The van der Waals surface area contributed by atoms with E-state index in [0.717, 1.165) is 27.6 Å². The smallest absolute Gasteiger partial charge is 0.426 e. The SMILES string of the molecule is CC(C)(C)OC(=O)NNC(=O)Cc1c[nH]c2ccc(-c3ccc(F)cc3)cc12. The monoisotopic (exact) mass is 383 g/mol. The van der Waals surface area contributed by atoms with E-state index in [4.69, 9.17) is 4.74 Å². The Labute approximate surface area is 162 Å². The molecule has 0 bridgehead atoms. The van der Waals surface area contributed by atoms with E-state index in [9.17, 15) is 14.0 Å². The molecule has 0 aliphatic heterocycles. The zero-order valence-electron chi connectivity index (χ0n) is 15.9. The molecular formula is C21H22FN3O3. The van der Waals surface area contributed by atoms with Crippen molar-refractivity contribution in [2.75, 3.05) is 0 Å². The fraction of sp³-hybridized carbons (Fsp3) is 0.238. The minimum absolute atomic E-state index is 0.0721. The van der Waals surface area contributed by atoms with Crippen molar-refractivity contribution in [1.82, 2.24) is 15.8 Å². The molecule has 0 unspecified atom stereocenters. The molecule has 0 radical (unpaired) electrons. The van der Waals surface area contributed by atoms with Gasteiger partial charge in [-0.15, -0.1) is 0 Å². The van der Waals surface area contributed by atoms with Gasteiger partial charge in [0, 0.05) is 17.1 Å². The number of carbonyl (C=O) groups is 2. The summed E-state index contributed by atoms with van der Waals surface area (Å²) in [5, 5.41) is 0.884. The minimum Gasteiger partial charge on any atom is -0.443 e. The lowest BCUT2D eigenvalue weighted by atomic mass is 10.0. The molecule has 0 aliphatic rings. The summed E-state index contributed by atoms with van der Waals surface area (Å²) in [5.74, 6) is -0.666. The van der Waals surface area contributed by atoms with Crippen LogP contribution >= 0.6 is 0 Å². The number of hydrogen-bond acceptors (Lipinski definition) is 3. The summed E-state index contributed by atoms with van der Waals surface area (Å²) < 4.78 is 18.2. The van der Waals surface area contributed by atoms with Crippen molar-refractivity contribution in [2.45, 2.75) is 32.8 Å². The number of hydrogen-bond donors (Lipinski definition) is 3. The predicted molar refractivity (Wildman–Crippen MR) is 105 cm³/mol. The molecule has 6 nitrogen and oxygen atoms in total. The van der Waals surface area contributed by atoms with E-state index >= 15 is 0 Å². The lowest BCUT2D eigenvalue weighted by Gasteiger charge is -2.19. The maximum Gasteiger partial charge on any atom is 0.426 e. The van der Waals surface area contributed by atoms with E-state index in [1.54, 1.807) is 39.1 Å². The zero-order valence-corrected chi connectivity index (χ0v) is 15.9. The Morgan fingerprint density at radius 1 is 1.04 bits per heavy atom. The normalized spacial score (nSPS) is 11.3. The van der Waals surface area contributed by atoms with Gasteiger partial charge in [-0.25, -0.2) is 14.6 Å². The van der Waals surface area contributed by atoms with Crippen molar-refractivity contribution < 1.29 is 18.7 Å². The number of ether oxygens (including phenoxy) is 1. The number of fused-ring (bicyclic) bond motifs is 1. The van der Waals surface area contributed by atoms with Crippen molar-refractivity contribution in [3.63, 3.8) is 0 Å². The number of aromatic amines is 1. The van der Waals surface area contributed by atoms with E-state index in [2.05, 4.69) is 15.8 Å². The topological polar surface area (TPSA) is 83.2 Å². The van der Waals surface area contributed by atoms with E-state index < -0.39 is 11.7 Å². The van der Waals surface area contributed by atoms with Gasteiger partial charge in [-0.3, -0.25) is 10.2 Å². The highest BCUT2D eigenvalue weighted by molar-refractivity contribution is 5.92. The maximum atomic E-state index is 13.1. The molecule has 2 aromatic carbocycles. The number of benzene rings is 2. The zero-order chi connectivity index (χ0) is 20.3. The van der Waals surface area contributed by atoms with Crippen LogP contribution in [0.1, 0.15) is 26.3 Å². The number of rotatable bonds is 3. The second-order valence-electron chi connectivity index (χ2n) is 7.43. The summed E-state index contributed by atoms with van der Waals surface area (Å²) >= 11 is 0. The highest BCUT2D eigenvalue weighted by atomic mass is 19.1. The van der Waals surface area contributed by atoms with Crippen molar-refractivity contribution >= 4 is 22.9 Å². The number of aromatic nitrogens is 1. The van der Waals surface area contributed by atoms with Gasteiger partial charge in [0.15, 0.2) is 0 Å². The lowest BCUT2D eigenvalue weighted by molar-refractivity contribution is -0.121. The molecule has 0 spiro atoms. The first-order chi connectivity index (χ1) is 13.2. The summed E-state index contributed by atoms with van der Waals surface area (Å²) in [7, 11) is 0. The van der Waals surface area contributed by atoms with Gasteiger partial charge in [0.25, 0.3) is 0 Å². The van der Waals surface area contributed by atoms with E-state index in [1.807, 2.05) is 18.2 Å². The van der Waals surface area contributed by atoms with Crippen LogP contribution in [0.25, 0.3) is 22.0 Å². The average molecular weight is 383 g/mol. The van der Waals surface area contributed by atoms with Gasteiger partial charge in [-0.05, 0) is 61.7 Å². The molecule has 3 rings (SSSR count). The molecule has 0 saturated heterocycles. The van der Waals surface area contributed by atoms with Gasteiger partial charge >= 0.3 is 6.09 Å². The Balaban J connectivity index is 1.71. The van der Waals surface area contributed by atoms with Crippen LogP contribution in [0, 0.1) is 5.82 Å². The number of nitrogens with one attached hydrogen (secondary N) is 3. The molecule has 3 aromatic rings. The average Bonchev–Trinajstić information content (AvgIpc) is 3.01. The van der Waals surface area contributed by atoms with Crippen molar-refractivity contribution in [3.8, 4) is 11.1 Å². The standard InChI is InChI=1S/C21H22FN3O3/c1-21(2,3)28-20(27)25-24-19(26)11-15-12-23-18-9-6-14(10-17(15)18)13-4-7-16(22)8-5-13/h4-10,12,23H,11H2,1-3H3,(H,24,26)(H,25,27). The number of hydrazine groups is 1. The van der Waals surface area contributed by atoms with Crippen molar-refractivity contribution in [1.29, 1.82) is 0 Å². The van der Waals surface area contributed by atoms with Crippen LogP contribution in [0.2, 0.25) is 0 Å². The highest BCUT2D eigenvalue weighted by Crippen LogP contribution is 2.26. The fourth-order valence-corrected chi connectivity index (χ4v) is 2.79. The third-order valence-corrected chi connectivity index (χ3v) is 4.00. The van der Waals surface area contributed by atoms with Crippen LogP contribution < -0.4 is 10.9 Å². The van der Waals surface area contributed by atoms with Crippen LogP contribution in [0.5, 0.6) is 0 Å². The van der Waals surface area contributed by atoms with Gasteiger partial charge in [0.1, 0.15) is 11.4 Å². The van der Waals surface area contributed by atoms with E-state index in [1.165, 1.54) is 12.1 Å². The molecule has 3 N–H and O–H groups in total. The lowest BCUT2D eigenvalue weighted by Crippen LogP contribution is -2.44. The molecule has 0 aliphatic carbocycles. The molecule has 7 heteroatoms. The first-order valence-corrected chi connectivity index (χ1v) is 8.85. The van der Waals surface area contributed by atoms with Crippen LogP contribution in [0.15, 0.2) is 48.7 Å². The third-order valence-electron chi connectivity index (χ3n) is 4.00. The summed E-state index contributed by atoms with van der Waals surface area (Å²) in [4.78, 5) is 26.9. The van der Waals surface area contributed by atoms with Gasteiger partial charge in [-0.2, -0.15) is 0 Å². The molecule has 0 atom stereocenters. The third kappa shape index (κ3) is 4.88. The molecule has 1 heterocycles. The highest BCUT2D eigenvalue weighted by Gasteiger charge is 2.17. The molecule has 0 saturated carbocycles. The Morgan fingerprint density at radius 3 is 2.39 bits per heavy atom. The quantitative estimate of drug-likeness (QED) is 0.596.